The van der Waals surface area contributed by atoms with E-state index in [1.165, 1.54) is 12.1 Å². The number of rotatable bonds is 2. The van der Waals surface area contributed by atoms with Crippen molar-refractivity contribution in [3.8, 4) is 5.82 Å². The Morgan fingerprint density at radius 1 is 1.23 bits per heavy atom. The van der Waals surface area contributed by atoms with E-state index in [0.717, 1.165) is 29.9 Å². The van der Waals surface area contributed by atoms with Gasteiger partial charge in [-0.05, 0) is 62.6 Å². The second kappa shape index (κ2) is 6.33. The number of aromatic nitrogens is 4. The standard InChI is InChI=1S/C19H18FN5O/c1-12-3-4-14-11-15(20)5-7-17(14)25(12)19(26)16-6-8-18(23-22-16)24-10-9-21-13(24)2/h5-12H,3-4H2,1-2H3. The fourth-order valence-electron chi connectivity index (χ4n) is 3.34. The number of amides is 1. The number of carbonyl (C=O) groups excluding carboxylic acids is 1. The van der Waals surface area contributed by atoms with E-state index in [1.807, 2.05) is 13.8 Å². The first-order valence-corrected chi connectivity index (χ1v) is 8.50. The lowest BCUT2D eigenvalue weighted by atomic mass is 9.96. The minimum atomic E-state index is -0.287. The Balaban J connectivity index is 1.67. The van der Waals surface area contributed by atoms with Crippen LogP contribution in [0.25, 0.3) is 5.82 Å². The van der Waals surface area contributed by atoms with Crippen molar-refractivity contribution in [3.05, 3.63) is 65.6 Å². The lowest BCUT2D eigenvalue weighted by Gasteiger charge is -2.35. The van der Waals surface area contributed by atoms with Gasteiger partial charge in [0.25, 0.3) is 5.91 Å². The highest BCUT2D eigenvalue weighted by Gasteiger charge is 2.30. The quantitative estimate of drug-likeness (QED) is 0.712. The first kappa shape index (κ1) is 16.4. The summed E-state index contributed by atoms with van der Waals surface area (Å²) in [7, 11) is 0. The average molecular weight is 351 g/mol. The molecule has 0 saturated heterocycles. The molecule has 0 saturated carbocycles. The summed E-state index contributed by atoms with van der Waals surface area (Å²) in [5.41, 5.74) is 1.84. The smallest absolute Gasteiger partial charge is 0.279 e. The Morgan fingerprint density at radius 2 is 2.08 bits per heavy atom. The summed E-state index contributed by atoms with van der Waals surface area (Å²) >= 11 is 0. The lowest BCUT2D eigenvalue weighted by Crippen LogP contribution is -2.42. The highest BCUT2D eigenvalue weighted by atomic mass is 19.1. The van der Waals surface area contributed by atoms with Crippen LogP contribution < -0.4 is 4.90 Å². The van der Waals surface area contributed by atoms with Crippen LogP contribution in [0.4, 0.5) is 10.1 Å². The molecule has 1 aromatic carbocycles. The van der Waals surface area contributed by atoms with Gasteiger partial charge in [0, 0.05) is 24.1 Å². The van der Waals surface area contributed by atoms with Gasteiger partial charge in [-0.1, -0.05) is 0 Å². The molecular weight excluding hydrogens is 333 g/mol. The fourth-order valence-corrected chi connectivity index (χ4v) is 3.34. The Morgan fingerprint density at radius 3 is 2.77 bits per heavy atom. The normalized spacial score (nSPS) is 16.4. The van der Waals surface area contributed by atoms with Crippen molar-refractivity contribution in [2.45, 2.75) is 32.7 Å². The third kappa shape index (κ3) is 2.75. The maximum Gasteiger partial charge on any atom is 0.279 e. The molecule has 26 heavy (non-hydrogen) atoms. The van der Waals surface area contributed by atoms with Crippen LogP contribution in [-0.4, -0.2) is 31.7 Å². The zero-order valence-electron chi connectivity index (χ0n) is 14.6. The zero-order valence-corrected chi connectivity index (χ0v) is 14.6. The van der Waals surface area contributed by atoms with Crippen molar-refractivity contribution in [3.63, 3.8) is 0 Å². The van der Waals surface area contributed by atoms with Gasteiger partial charge in [-0.15, -0.1) is 10.2 Å². The Bertz CT molecular complexity index is 966. The molecule has 0 N–H and O–H groups in total. The topological polar surface area (TPSA) is 63.9 Å². The minimum Gasteiger partial charge on any atom is -0.304 e. The van der Waals surface area contributed by atoms with E-state index >= 15 is 0 Å². The maximum absolute atomic E-state index is 13.5. The van der Waals surface area contributed by atoms with Crippen molar-refractivity contribution in [1.82, 2.24) is 19.7 Å². The van der Waals surface area contributed by atoms with E-state index in [4.69, 9.17) is 0 Å². The SMILES string of the molecule is Cc1nccn1-c1ccc(C(=O)N2c3ccc(F)cc3CCC2C)nn1. The summed E-state index contributed by atoms with van der Waals surface area (Å²) < 4.78 is 15.3. The van der Waals surface area contributed by atoms with Gasteiger partial charge in [0.1, 0.15) is 11.6 Å². The molecule has 0 bridgehead atoms. The number of halogens is 1. The van der Waals surface area contributed by atoms with Crippen molar-refractivity contribution < 1.29 is 9.18 Å². The molecule has 1 aliphatic rings. The van der Waals surface area contributed by atoms with Gasteiger partial charge < -0.3 is 4.90 Å². The van der Waals surface area contributed by atoms with E-state index in [0.29, 0.717) is 5.82 Å². The zero-order chi connectivity index (χ0) is 18.3. The van der Waals surface area contributed by atoms with Crippen molar-refractivity contribution >= 4 is 11.6 Å². The van der Waals surface area contributed by atoms with E-state index < -0.39 is 0 Å². The molecule has 3 aromatic rings. The van der Waals surface area contributed by atoms with Crippen LogP contribution in [0.2, 0.25) is 0 Å². The molecule has 1 unspecified atom stereocenters. The molecule has 4 rings (SSSR count). The number of carbonyl (C=O) groups is 1. The number of anilines is 1. The third-order valence-corrected chi connectivity index (χ3v) is 4.73. The van der Waals surface area contributed by atoms with Crippen LogP contribution in [0.15, 0.2) is 42.7 Å². The van der Waals surface area contributed by atoms with Gasteiger partial charge in [0.2, 0.25) is 0 Å². The summed E-state index contributed by atoms with van der Waals surface area (Å²) in [6, 6.07) is 7.96. The summed E-state index contributed by atoms with van der Waals surface area (Å²) in [5, 5.41) is 8.27. The van der Waals surface area contributed by atoms with E-state index in [1.54, 1.807) is 40.1 Å². The van der Waals surface area contributed by atoms with Crippen LogP contribution in [0.5, 0.6) is 0 Å². The minimum absolute atomic E-state index is 0.0119. The van der Waals surface area contributed by atoms with Gasteiger partial charge in [-0.2, -0.15) is 0 Å². The number of hydrogen-bond acceptors (Lipinski definition) is 4. The summed E-state index contributed by atoms with van der Waals surface area (Å²) in [6.45, 7) is 3.85. The van der Waals surface area contributed by atoms with E-state index in [-0.39, 0.29) is 23.5 Å². The van der Waals surface area contributed by atoms with Gasteiger partial charge in [0.15, 0.2) is 11.5 Å². The number of fused-ring (bicyclic) bond motifs is 1. The average Bonchev–Trinajstić information content (AvgIpc) is 3.07. The van der Waals surface area contributed by atoms with Crippen molar-refractivity contribution in [1.29, 1.82) is 0 Å². The lowest BCUT2D eigenvalue weighted by molar-refractivity contribution is 0.0969. The second-order valence-corrected chi connectivity index (χ2v) is 6.46. The predicted molar refractivity (Wildman–Crippen MR) is 94.9 cm³/mol. The molecule has 0 fully saturated rings. The Labute approximate surface area is 150 Å². The second-order valence-electron chi connectivity index (χ2n) is 6.46. The van der Waals surface area contributed by atoms with Crippen molar-refractivity contribution in [2.75, 3.05) is 4.90 Å². The molecule has 3 heterocycles. The van der Waals surface area contributed by atoms with Crippen LogP contribution >= 0.6 is 0 Å². The summed E-state index contributed by atoms with van der Waals surface area (Å²) in [4.78, 5) is 18.9. The summed E-state index contributed by atoms with van der Waals surface area (Å²) in [6.07, 6.45) is 5.00. The number of aryl methyl sites for hydroxylation is 2. The number of nitrogens with zero attached hydrogens (tertiary/aromatic N) is 5. The molecule has 2 aromatic heterocycles. The van der Waals surface area contributed by atoms with E-state index in [9.17, 15) is 9.18 Å². The maximum atomic E-state index is 13.5. The fraction of sp³-hybridized carbons (Fsp3) is 0.263. The third-order valence-electron chi connectivity index (χ3n) is 4.73. The molecule has 1 atom stereocenters. The van der Waals surface area contributed by atoms with Gasteiger partial charge >= 0.3 is 0 Å². The molecule has 1 amide bonds. The highest BCUT2D eigenvalue weighted by Crippen LogP contribution is 2.32. The molecular formula is C19H18FN5O. The van der Waals surface area contributed by atoms with Gasteiger partial charge in [0.05, 0.1) is 0 Å². The Hall–Kier alpha value is -3.09. The molecule has 0 radical (unpaired) electrons. The molecule has 7 heteroatoms. The first-order valence-electron chi connectivity index (χ1n) is 8.50. The first-order chi connectivity index (χ1) is 12.5. The highest BCUT2D eigenvalue weighted by molar-refractivity contribution is 6.05. The monoisotopic (exact) mass is 351 g/mol. The number of hydrogen-bond donors (Lipinski definition) is 0. The van der Waals surface area contributed by atoms with Crippen LogP contribution in [0.1, 0.15) is 35.2 Å². The van der Waals surface area contributed by atoms with Crippen LogP contribution in [0.3, 0.4) is 0 Å². The molecule has 1 aliphatic heterocycles. The predicted octanol–water partition coefficient (Wildman–Crippen LogP) is 3.09. The molecule has 132 valence electrons. The number of benzene rings is 1. The van der Waals surface area contributed by atoms with Crippen LogP contribution in [0, 0.1) is 12.7 Å². The molecule has 0 aliphatic carbocycles. The van der Waals surface area contributed by atoms with Crippen LogP contribution in [-0.2, 0) is 6.42 Å². The molecule has 0 spiro atoms. The largest absolute Gasteiger partial charge is 0.304 e. The molecule has 6 nitrogen and oxygen atoms in total. The van der Waals surface area contributed by atoms with E-state index in [2.05, 4.69) is 15.2 Å². The summed E-state index contributed by atoms with van der Waals surface area (Å²) in [5.74, 6) is 0.877. The number of imidazole rings is 1. The Kier molecular flexibility index (Phi) is 3.99. The van der Waals surface area contributed by atoms with Gasteiger partial charge in [-0.3, -0.25) is 9.36 Å². The van der Waals surface area contributed by atoms with Gasteiger partial charge in [-0.25, -0.2) is 9.37 Å². The van der Waals surface area contributed by atoms with Crippen molar-refractivity contribution in [2.24, 2.45) is 0 Å².